The Morgan fingerprint density at radius 1 is 0.314 bits per heavy atom. The van der Waals surface area contributed by atoms with E-state index in [-0.39, 0.29) is 18.9 Å². The molecule has 0 atom stereocenters. The maximum absolute atomic E-state index is 5.83. The molecule has 3 fully saturated rings. The molecule has 3 aliphatic heterocycles. The number of aryl methyl sites for hydroxylation is 4. The second kappa shape index (κ2) is 46.9. The Morgan fingerprint density at radius 2 is 0.643 bits per heavy atom. The summed E-state index contributed by atoms with van der Waals surface area (Å²) in [5, 5.41) is 6.45. The van der Waals surface area contributed by atoms with E-state index in [2.05, 4.69) is 392 Å². The second-order valence-corrected chi connectivity index (χ2v) is 60.0. The summed E-state index contributed by atoms with van der Waals surface area (Å²) in [4.78, 5) is 17.1. The van der Waals surface area contributed by atoms with Crippen molar-refractivity contribution in [1.82, 2.24) is 4.57 Å². The van der Waals surface area contributed by atoms with E-state index in [9.17, 15) is 0 Å². The molecule has 17 aromatic rings. The predicted octanol–water partition coefficient (Wildman–Crippen LogP) is 38.0. The van der Waals surface area contributed by atoms with Crippen LogP contribution in [0.5, 0.6) is 0 Å². The van der Waals surface area contributed by atoms with Crippen LogP contribution < -0.4 is 17.6 Å². The fourth-order valence-corrected chi connectivity index (χ4v) is 29.8. The summed E-state index contributed by atoms with van der Waals surface area (Å²) >= 11 is 11.0. The predicted molar refractivity (Wildman–Crippen MR) is 606 cm³/mol. The molecule has 0 N–H and O–H groups in total. The van der Waals surface area contributed by atoms with Gasteiger partial charge in [-0.05, 0) is 215 Å². The van der Waals surface area contributed by atoms with Gasteiger partial charge < -0.3 is 33.3 Å². The van der Waals surface area contributed by atoms with Crippen LogP contribution in [-0.4, -0.2) is 62.6 Å². The summed E-state index contributed by atoms with van der Waals surface area (Å²) in [6, 6.07) is 108. The number of ether oxygens (including phenoxy) is 6. The first-order valence-electron chi connectivity index (χ1n) is 51.4. The van der Waals surface area contributed by atoms with Gasteiger partial charge in [-0.1, -0.05) is 253 Å². The van der Waals surface area contributed by atoms with Crippen molar-refractivity contribution < 1.29 is 28.4 Å². The van der Waals surface area contributed by atoms with E-state index in [4.69, 9.17) is 28.4 Å². The quantitative estimate of drug-likeness (QED) is 0.0280. The van der Waals surface area contributed by atoms with E-state index in [1.54, 1.807) is 2.89 Å². The van der Waals surface area contributed by atoms with Crippen LogP contribution in [-0.2, 0) is 35.0 Å². The number of fused-ring (bicyclic) bond motifs is 9. The normalized spacial score (nSPS) is 14.1. The number of aromatic nitrogens is 1. The van der Waals surface area contributed by atoms with Crippen LogP contribution in [0, 0.1) is 20.8 Å². The van der Waals surface area contributed by atoms with E-state index in [1.807, 2.05) is 34.0 Å². The first-order valence-corrected chi connectivity index (χ1v) is 65.4. The molecule has 13 aromatic carbocycles. The Bertz CT molecular complexity index is 6770. The van der Waals surface area contributed by atoms with E-state index in [1.165, 1.54) is 255 Å². The zero-order valence-electron chi connectivity index (χ0n) is 82.5. The molecule has 140 heavy (non-hydrogen) atoms. The van der Waals surface area contributed by atoms with E-state index < -0.39 is 18.4 Å². The molecule has 0 unspecified atom stereocenters. The second-order valence-electron chi connectivity index (χ2n) is 39.6. The van der Waals surface area contributed by atoms with Gasteiger partial charge in [0.05, 0.1) is 39.6 Å². The molecule has 3 saturated heterocycles. The van der Waals surface area contributed by atoms with Gasteiger partial charge in [0.15, 0.2) is 12.6 Å². The van der Waals surface area contributed by atoms with Gasteiger partial charge >= 0.3 is 186 Å². The molecule has 4 aromatic heterocycles. The molecule has 4 aliphatic rings. The molecule has 0 spiro atoms. The molecule has 7 heterocycles. The van der Waals surface area contributed by atoms with Gasteiger partial charge in [-0.25, -0.2) is 0 Å². The monoisotopic (exact) mass is 2150 g/mol. The van der Waals surface area contributed by atoms with Crippen LogP contribution in [0.4, 0.5) is 51.2 Å². The van der Waals surface area contributed by atoms with Crippen molar-refractivity contribution in [3.05, 3.63) is 345 Å². The minimum absolute atomic E-state index is 0.249. The summed E-state index contributed by atoms with van der Waals surface area (Å²) < 4.78 is 45.3. The van der Waals surface area contributed by atoms with Crippen molar-refractivity contribution in [3.63, 3.8) is 0 Å². The summed E-state index contributed by atoms with van der Waals surface area (Å²) in [7, 11) is 0. The fourth-order valence-electron chi connectivity index (χ4n) is 20.6. The van der Waals surface area contributed by atoms with Crippen molar-refractivity contribution in [1.29, 1.82) is 0 Å². The van der Waals surface area contributed by atoms with E-state index >= 15 is 0 Å². The number of thiophene rings is 3. The molecule has 0 saturated carbocycles. The van der Waals surface area contributed by atoms with Crippen LogP contribution in [0.15, 0.2) is 300 Å². The van der Waals surface area contributed by atoms with Crippen molar-refractivity contribution >= 4 is 190 Å². The Hall–Kier alpha value is -9.54. The van der Waals surface area contributed by atoms with Crippen LogP contribution in [0.3, 0.4) is 0 Å². The van der Waals surface area contributed by atoms with Crippen molar-refractivity contribution in [3.8, 4) is 32.0 Å². The number of benzene rings is 13. The van der Waals surface area contributed by atoms with Gasteiger partial charge in [0.2, 0.25) is 0 Å². The number of nitrogens with zero attached hydrogens (tertiary/aromatic N) is 4. The van der Waals surface area contributed by atoms with Crippen LogP contribution in [0.1, 0.15) is 218 Å². The SMILES string of the molecule is CCCCCCCCCCCCC1c2cc(Br)ccc2-c2ccc(Br)cc21.CCCCCCCCCCCCn1c2cc(-c3cc4cc(N(c5ccc(C6OCCO6)cc5)c5cccc(C)c5)ccc4s3)ccc2c2ccc(-c3cc4cc(N(c5ccc(C6OCCO6)cc5)c5cccc(C)c5)ccc4s3)cc21.Cc1cccc(N(c2ccc(C3OCCO3)cc2)c2ccc3s[c]([Sn]([CH3])([CH3])[CH3])cc3c2)c1. The fraction of sp³-hybridized carbons (Fsp3) is 0.323. The van der Waals surface area contributed by atoms with Gasteiger partial charge in [-0.2, -0.15) is 0 Å². The minimum atomic E-state index is -2.10. The summed E-state index contributed by atoms with van der Waals surface area (Å²) in [6.07, 6.45) is 27.6. The zero-order chi connectivity index (χ0) is 96.0. The molecular weight excluding hydrogens is 2020 g/mol. The zero-order valence-corrected chi connectivity index (χ0v) is 91.0. The first kappa shape index (κ1) is 99.2. The number of rotatable bonds is 37. The van der Waals surface area contributed by atoms with Gasteiger partial charge in [0.1, 0.15) is 0 Å². The molecule has 21 rings (SSSR count). The van der Waals surface area contributed by atoms with Gasteiger partial charge in [-0.15, -0.1) is 22.7 Å². The summed E-state index contributed by atoms with van der Waals surface area (Å²) in [5.41, 5.74) is 28.0. The van der Waals surface area contributed by atoms with Gasteiger partial charge in [-0.3, -0.25) is 0 Å². The Kier molecular flexibility index (Phi) is 33.2. The number of halogens is 2. The van der Waals surface area contributed by atoms with Crippen molar-refractivity contribution in [2.24, 2.45) is 0 Å². The Balaban J connectivity index is 0.000000171. The standard InChI is InChI=1S/C72H71N3O4S2.C25H32Br2.C24H20NO2S.3CH3.Sn/c1-4-5-6-7-8-9-10-11-12-13-36-73-65-45-53(69-47-55-43-61(30-34-67(55)80-69)74(59-18-14-16-49(2)41-59)57-26-20-51(21-27-57)71-76-37-38-77-71)24-32-63(65)64-33-25-54(46-66(64)73)70-48-56-44-62(31-35-68(56)81-70)75(60-19-15-17-50(3)42-60)58-28-22-52(23-29-58)72-78-39-40-79-72;1-2-3-4-5-6-7-8-9-10-11-12-21-24-17-19(26)13-15-22(24)23-16-14-20(27)18-25(21)23;1-17-3-2-4-21(15-17)25(22-9-10-23-19(16-22)11-14-28-23)20-7-5-18(6-8-20)24-26-12-13-27-24;;;;/h14-35,41-48,71-72H,4-13,36-40H2,1-3H3;13-18,21H,2-12H2,1H3;2-11,15-16,24H,12-13H2,1H3;3*1H3;. The molecule has 16 heteroatoms. The Labute approximate surface area is 862 Å². The van der Waals surface area contributed by atoms with E-state index in [0.717, 1.165) is 75.2 Å². The summed E-state index contributed by atoms with van der Waals surface area (Å²) in [6.45, 7) is 15.9. The van der Waals surface area contributed by atoms with Crippen LogP contribution in [0.25, 0.3) is 84.1 Å². The Morgan fingerprint density at radius 3 is 1.00 bits per heavy atom. The topological polar surface area (TPSA) is 70.0 Å². The number of anilines is 9. The van der Waals surface area contributed by atoms with Crippen molar-refractivity contribution in [2.75, 3.05) is 54.3 Å². The number of unbranched alkanes of at least 4 members (excludes halogenated alkanes) is 18. The molecule has 1 aliphatic carbocycles. The third-order valence-corrected chi connectivity index (χ3v) is 41.9. The molecular formula is C124H132Br2N4O6S3Sn. The molecule has 720 valence electrons. The van der Waals surface area contributed by atoms with Gasteiger partial charge in [0.25, 0.3) is 0 Å². The number of hydrogen-bond donors (Lipinski definition) is 0. The van der Waals surface area contributed by atoms with Crippen molar-refractivity contribution in [2.45, 2.75) is 216 Å². The molecule has 0 radical (unpaired) electrons. The van der Waals surface area contributed by atoms with Crippen LogP contribution >= 0.6 is 65.9 Å². The van der Waals surface area contributed by atoms with E-state index in [0.29, 0.717) is 45.6 Å². The third-order valence-electron chi connectivity index (χ3n) is 28.0. The maximum atomic E-state index is 5.83. The van der Waals surface area contributed by atoms with Crippen LogP contribution in [0.2, 0.25) is 14.8 Å². The molecule has 0 amide bonds. The van der Waals surface area contributed by atoms with Gasteiger partial charge in [0, 0.05) is 108 Å². The average Bonchev–Trinajstić information content (AvgIpc) is 1.59. The average molecular weight is 2150 g/mol. The third kappa shape index (κ3) is 23.7. The molecule has 0 bridgehead atoms. The summed E-state index contributed by atoms with van der Waals surface area (Å²) in [5.74, 6) is 0.555. The number of hydrogen-bond acceptors (Lipinski definition) is 12. The molecule has 10 nitrogen and oxygen atoms in total. The first-order chi connectivity index (χ1) is 68.5.